The summed E-state index contributed by atoms with van der Waals surface area (Å²) in [5.74, 6) is 0.00694. The number of thiocarbonyl (C=S) groups is 1. The van der Waals surface area contributed by atoms with Crippen LogP contribution in [0.15, 0.2) is 0 Å². The van der Waals surface area contributed by atoms with Gasteiger partial charge in [-0.3, -0.25) is 4.79 Å². The fourth-order valence-corrected chi connectivity index (χ4v) is 0.940. The molecule has 0 bridgehead atoms. The Bertz CT molecular complexity index is 140. The summed E-state index contributed by atoms with van der Waals surface area (Å²) in [5, 5.41) is 0. The van der Waals surface area contributed by atoms with Crippen LogP contribution in [0.1, 0.15) is 6.92 Å². The Labute approximate surface area is 54.3 Å². The third kappa shape index (κ3) is 0.493. The Kier molecular flexibility index (Phi) is 1.12. The molecule has 2 nitrogen and oxygen atoms in total. The molecule has 0 aromatic rings. The minimum Gasteiger partial charge on any atom is -0.382 e. The quantitative estimate of drug-likeness (QED) is 0.239. The third-order valence-corrected chi connectivity index (χ3v) is 2.01. The molecule has 1 aliphatic rings. The van der Waals surface area contributed by atoms with Gasteiger partial charge in [0.05, 0.1) is 10.9 Å². The van der Waals surface area contributed by atoms with Gasteiger partial charge in [-0.25, -0.2) is 0 Å². The van der Waals surface area contributed by atoms with Crippen molar-refractivity contribution in [3.8, 4) is 0 Å². The van der Waals surface area contributed by atoms with Crippen LogP contribution in [0.5, 0.6) is 0 Å². The predicted molar refractivity (Wildman–Crippen MR) is 37.5 cm³/mol. The van der Waals surface area contributed by atoms with Crippen molar-refractivity contribution in [2.75, 3.05) is 0 Å². The number of hydrogen-bond acceptors (Lipinski definition) is 2. The summed E-state index contributed by atoms with van der Waals surface area (Å²) in [6.07, 6.45) is 0. The molecule has 0 N–H and O–H groups in total. The number of β-lactam (4-membered cyclic amide) rings is 1. The van der Waals surface area contributed by atoms with Crippen molar-refractivity contribution in [1.29, 1.82) is 0 Å². The molecule has 0 saturated carbocycles. The van der Waals surface area contributed by atoms with Crippen LogP contribution in [0.4, 0.5) is 0 Å². The highest BCUT2D eigenvalue weighted by Crippen LogP contribution is 2.11. The molecule has 1 aliphatic heterocycles. The van der Waals surface area contributed by atoms with Crippen LogP contribution in [-0.2, 0) is 4.79 Å². The van der Waals surface area contributed by atoms with E-state index >= 15 is 0 Å². The summed E-state index contributed by atoms with van der Waals surface area (Å²) < 4.78 is 0. The molecule has 0 spiro atoms. The average molecular weight is 127 g/mol. The molecule has 4 heteroatoms. The number of amides is 1. The van der Waals surface area contributed by atoms with Gasteiger partial charge in [-0.1, -0.05) is 12.2 Å². The van der Waals surface area contributed by atoms with Gasteiger partial charge in [-0.2, -0.15) is 0 Å². The van der Waals surface area contributed by atoms with E-state index in [0.29, 0.717) is 4.86 Å². The largest absolute Gasteiger partial charge is 0.382 e. The van der Waals surface area contributed by atoms with Crippen molar-refractivity contribution in [2.24, 2.45) is 0 Å². The molecule has 0 radical (unpaired) electrons. The molecular formula is C4H6BNOS. The second kappa shape index (κ2) is 1.55. The van der Waals surface area contributed by atoms with E-state index in [1.807, 2.05) is 6.92 Å². The first-order chi connectivity index (χ1) is 3.64. The number of rotatable bonds is 0. The predicted octanol–water partition coefficient (Wildman–Crippen LogP) is -0.865. The lowest BCUT2D eigenvalue weighted by molar-refractivity contribution is -0.123. The highest BCUT2D eigenvalue weighted by molar-refractivity contribution is 7.82. The van der Waals surface area contributed by atoms with E-state index in [1.165, 1.54) is 0 Å². The number of carbonyl (C=O) groups is 1. The Hall–Kier alpha value is -0.375. The summed E-state index contributed by atoms with van der Waals surface area (Å²) >= 11 is 4.71. The lowest BCUT2D eigenvalue weighted by atomic mass is 9.99. The van der Waals surface area contributed by atoms with Crippen molar-refractivity contribution in [2.45, 2.75) is 13.0 Å². The van der Waals surface area contributed by atoms with E-state index in [1.54, 1.807) is 12.8 Å². The maximum absolute atomic E-state index is 10.6. The molecule has 1 amide bonds. The Morgan fingerprint density at radius 2 is 2.38 bits per heavy atom. The van der Waals surface area contributed by atoms with Crippen LogP contribution in [0, 0.1) is 0 Å². The maximum Gasteiger partial charge on any atom is 0.250 e. The first-order valence-electron chi connectivity index (χ1n) is 2.45. The summed E-state index contributed by atoms with van der Waals surface area (Å²) in [5.41, 5.74) is 0. The van der Waals surface area contributed by atoms with E-state index in [2.05, 4.69) is 0 Å². The van der Waals surface area contributed by atoms with Crippen LogP contribution in [0.2, 0.25) is 0 Å². The van der Waals surface area contributed by atoms with Gasteiger partial charge >= 0.3 is 0 Å². The Morgan fingerprint density at radius 1 is 1.88 bits per heavy atom. The monoisotopic (exact) mass is 127 g/mol. The van der Waals surface area contributed by atoms with Crippen molar-refractivity contribution >= 4 is 31.0 Å². The second-order valence-corrected chi connectivity index (χ2v) is 2.40. The van der Waals surface area contributed by atoms with Gasteiger partial charge in [-0.15, -0.1) is 0 Å². The second-order valence-electron chi connectivity index (χ2n) is 1.96. The number of hydrogen-bond donors (Lipinski definition) is 0. The van der Waals surface area contributed by atoms with E-state index in [9.17, 15) is 4.79 Å². The molecular weight excluding hydrogens is 121 g/mol. The molecule has 1 unspecified atom stereocenters. The molecule has 0 aromatic carbocycles. The highest BCUT2D eigenvalue weighted by Gasteiger charge is 2.34. The van der Waals surface area contributed by atoms with E-state index in [0.717, 1.165) is 0 Å². The lowest BCUT2D eigenvalue weighted by Crippen LogP contribution is -2.57. The van der Waals surface area contributed by atoms with E-state index in [4.69, 9.17) is 12.2 Å². The average Bonchev–Trinajstić information content (AvgIpc) is 1.83. The molecule has 1 fully saturated rings. The topological polar surface area (TPSA) is 20.3 Å². The highest BCUT2D eigenvalue weighted by atomic mass is 32.1. The summed E-state index contributed by atoms with van der Waals surface area (Å²) in [6, 6.07) is 0.192. The van der Waals surface area contributed by atoms with Gasteiger partial charge < -0.3 is 4.81 Å². The molecule has 42 valence electrons. The van der Waals surface area contributed by atoms with Gasteiger partial charge in [-0.05, 0) is 6.92 Å². The summed E-state index contributed by atoms with van der Waals surface area (Å²) in [7, 11) is 1.75. The smallest absolute Gasteiger partial charge is 0.250 e. The van der Waals surface area contributed by atoms with E-state index < -0.39 is 0 Å². The molecule has 1 rings (SSSR count). The summed E-state index contributed by atoms with van der Waals surface area (Å²) in [4.78, 5) is 12.7. The number of nitrogens with zero attached hydrogens (tertiary/aromatic N) is 1. The van der Waals surface area contributed by atoms with Gasteiger partial charge in [0.25, 0.3) is 5.91 Å². The van der Waals surface area contributed by atoms with Gasteiger partial charge in [0.2, 0.25) is 7.98 Å². The van der Waals surface area contributed by atoms with Crippen LogP contribution in [0.3, 0.4) is 0 Å². The molecule has 0 aromatic heterocycles. The first kappa shape index (κ1) is 5.76. The van der Waals surface area contributed by atoms with Crippen LogP contribution >= 0.6 is 12.2 Å². The fourth-order valence-electron chi connectivity index (χ4n) is 0.638. The minimum absolute atomic E-state index is 0.00694. The maximum atomic E-state index is 10.6. The van der Waals surface area contributed by atoms with Gasteiger partial charge in [0.1, 0.15) is 0 Å². The number of carbonyl (C=O) groups excluding carboxylic acids is 1. The minimum atomic E-state index is 0.00694. The van der Waals surface area contributed by atoms with Crippen LogP contribution in [-0.4, -0.2) is 29.6 Å². The van der Waals surface area contributed by atoms with Crippen molar-refractivity contribution in [3.63, 3.8) is 0 Å². The van der Waals surface area contributed by atoms with E-state index in [-0.39, 0.29) is 11.9 Å². The van der Waals surface area contributed by atoms with Gasteiger partial charge in [0.15, 0.2) is 0 Å². The Morgan fingerprint density at radius 3 is 2.50 bits per heavy atom. The van der Waals surface area contributed by atoms with Crippen LogP contribution < -0.4 is 0 Å². The zero-order chi connectivity index (χ0) is 6.31. The Balaban J connectivity index is 2.68. The molecule has 1 saturated heterocycles. The van der Waals surface area contributed by atoms with Crippen LogP contribution in [0.25, 0.3) is 0 Å². The van der Waals surface area contributed by atoms with Gasteiger partial charge in [0, 0.05) is 0 Å². The fraction of sp³-hybridized carbons (Fsp3) is 0.500. The molecule has 8 heavy (non-hydrogen) atoms. The molecule has 0 aliphatic carbocycles. The molecule has 1 heterocycles. The molecule has 1 atom stereocenters. The van der Waals surface area contributed by atoms with Crippen molar-refractivity contribution in [3.05, 3.63) is 0 Å². The SMILES string of the molecule is BN1C(=O)C(=S)C1C. The zero-order valence-corrected chi connectivity index (χ0v) is 5.66. The lowest BCUT2D eigenvalue weighted by Gasteiger charge is -2.35. The standard InChI is InChI=1S/C4H6BNOS/c1-2-3(8)4(7)6(2)5/h2H,5H2,1H3. The third-order valence-electron chi connectivity index (χ3n) is 1.49. The first-order valence-corrected chi connectivity index (χ1v) is 2.86. The summed E-state index contributed by atoms with van der Waals surface area (Å²) in [6.45, 7) is 1.92. The van der Waals surface area contributed by atoms with Crippen molar-refractivity contribution < 1.29 is 4.79 Å². The normalized spacial score (nSPS) is 28.1. The van der Waals surface area contributed by atoms with Crippen molar-refractivity contribution in [1.82, 2.24) is 4.81 Å². The zero-order valence-electron chi connectivity index (χ0n) is 4.84.